The average Bonchev–Trinajstić information content (AvgIpc) is 2.44. The van der Waals surface area contributed by atoms with Gasteiger partial charge in [0.25, 0.3) is 0 Å². The van der Waals surface area contributed by atoms with Gasteiger partial charge in [0.15, 0.2) is 0 Å². The maximum absolute atomic E-state index is 5.50. The van der Waals surface area contributed by atoms with Crippen molar-refractivity contribution in [3.8, 4) is 0 Å². The number of rotatable bonds is 2. The van der Waals surface area contributed by atoms with Crippen LogP contribution in [0.25, 0.3) is 0 Å². The summed E-state index contributed by atoms with van der Waals surface area (Å²) in [6.45, 7) is 5.51. The zero-order valence-corrected chi connectivity index (χ0v) is 11.0. The Balaban J connectivity index is 1.54. The van der Waals surface area contributed by atoms with E-state index in [1.54, 1.807) is 0 Å². The first-order chi connectivity index (χ1) is 8.86. The number of piperidine rings is 1. The summed E-state index contributed by atoms with van der Waals surface area (Å²) in [5.74, 6) is 0. The highest BCUT2D eigenvalue weighted by molar-refractivity contribution is 5.09. The van der Waals surface area contributed by atoms with E-state index in [0.717, 1.165) is 19.8 Å². The molecule has 0 atom stereocenters. The van der Waals surface area contributed by atoms with E-state index in [1.807, 2.05) is 12.4 Å². The third-order valence-corrected chi connectivity index (χ3v) is 4.63. The molecule has 98 valence electrons. The molecule has 0 aliphatic carbocycles. The van der Waals surface area contributed by atoms with Gasteiger partial charge in [-0.1, -0.05) is 0 Å². The summed E-state index contributed by atoms with van der Waals surface area (Å²) in [7, 11) is 0. The fraction of sp³-hybridized carbons (Fsp3) is 0.667. The van der Waals surface area contributed by atoms with Gasteiger partial charge in [-0.15, -0.1) is 0 Å². The molecule has 18 heavy (non-hydrogen) atoms. The lowest BCUT2D eigenvalue weighted by Crippen LogP contribution is -2.42. The second kappa shape index (κ2) is 5.37. The number of ether oxygens (including phenoxy) is 1. The van der Waals surface area contributed by atoms with Gasteiger partial charge >= 0.3 is 0 Å². The second-order valence-electron chi connectivity index (χ2n) is 5.74. The van der Waals surface area contributed by atoms with Crippen molar-refractivity contribution in [2.24, 2.45) is 5.41 Å². The number of hydrogen-bond donors (Lipinski definition) is 0. The van der Waals surface area contributed by atoms with Crippen LogP contribution in [0.4, 0.5) is 0 Å². The predicted molar refractivity (Wildman–Crippen MR) is 71.2 cm³/mol. The number of aromatic nitrogens is 1. The van der Waals surface area contributed by atoms with Crippen LogP contribution in [0.15, 0.2) is 24.5 Å². The van der Waals surface area contributed by atoms with Crippen LogP contribution in [0.1, 0.15) is 31.2 Å². The molecule has 0 saturated carbocycles. The third kappa shape index (κ3) is 2.73. The fourth-order valence-electron chi connectivity index (χ4n) is 3.24. The molecule has 0 radical (unpaired) electrons. The van der Waals surface area contributed by atoms with Gasteiger partial charge in [0.2, 0.25) is 0 Å². The standard InChI is InChI=1S/C15H22N2O/c1-7-16-8-2-14(1)13-17-9-3-15(4-10-17)5-11-18-12-6-15/h1-2,7-8H,3-6,9-13H2. The first kappa shape index (κ1) is 12.1. The Bertz CT molecular complexity index is 363. The van der Waals surface area contributed by atoms with Crippen LogP contribution >= 0.6 is 0 Å². The number of nitrogens with zero attached hydrogens (tertiary/aromatic N) is 2. The van der Waals surface area contributed by atoms with Crippen molar-refractivity contribution < 1.29 is 4.74 Å². The SMILES string of the molecule is c1cc(CN2CCC3(CCOCC3)CC2)ccn1. The molecule has 1 aromatic heterocycles. The zero-order valence-electron chi connectivity index (χ0n) is 11.0. The van der Waals surface area contributed by atoms with Crippen LogP contribution in [0.2, 0.25) is 0 Å². The summed E-state index contributed by atoms with van der Waals surface area (Å²) in [5, 5.41) is 0. The number of pyridine rings is 1. The maximum Gasteiger partial charge on any atom is 0.0471 e. The van der Waals surface area contributed by atoms with E-state index in [1.165, 1.54) is 44.3 Å². The summed E-state index contributed by atoms with van der Waals surface area (Å²) < 4.78 is 5.50. The molecular formula is C15H22N2O. The Morgan fingerprint density at radius 2 is 1.72 bits per heavy atom. The molecule has 3 heteroatoms. The average molecular weight is 246 g/mol. The molecule has 3 rings (SSSR count). The molecule has 1 aromatic rings. The van der Waals surface area contributed by atoms with E-state index in [4.69, 9.17) is 4.74 Å². The number of likely N-dealkylation sites (tertiary alicyclic amines) is 1. The van der Waals surface area contributed by atoms with Crippen molar-refractivity contribution in [2.75, 3.05) is 26.3 Å². The molecule has 0 bridgehead atoms. The first-order valence-corrected chi connectivity index (χ1v) is 7.05. The molecule has 2 aliphatic rings. The Labute approximate surface area is 109 Å². The largest absolute Gasteiger partial charge is 0.381 e. The normalized spacial score (nSPS) is 24.2. The monoisotopic (exact) mass is 246 g/mol. The molecule has 2 aliphatic heterocycles. The second-order valence-corrected chi connectivity index (χ2v) is 5.74. The highest BCUT2D eigenvalue weighted by atomic mass is 16.5. The lowest BCUT2D eigenvalue weighted by molar-refractivity contribution is -0.0218. The minimum atomic E-state index is 0.604. The van der Waals surface area contributed by atoms with E-state index < -0.39 is 0 Å². The lowest BCUT2D eigenvalue weighted by atomic mass is 9.72. The van der Waals surface area contributed by atoms with Crippen molar-refractivity contribution in [1.82, 2.24) is 9.88 Å². The van der Waals surface area contributed by atoms with Crippen LogP contribution in [-0.4, -0.2) is 36.2 Å². The molecule has 1 spiro atoms. The quantitative estimate of drug-likeness (QED) is 0.801. The highest BCUT2D eigenvalue weighted by Gasteiger charge is 2.35. The molecule has 0 unspecified atom stereocenters. The Kier molecular flexibility index (Phi) is 3.62. The van der Waals surface area contributed by atoms with Gasteiger partial charge < -0.3 is 4.74 Å². The van der Waals surface area contributed by atoms with Crippen LogP contribution in [0.5, 0.6) is 0 Å². The summed E-state index contributed by atoms with van der Waals surface area (Å²) >= 11 is 0. The van der Waals surface area contributed by atoms with Gasteiger partial charge in [0.1, 0.15) is 0 Å². The smallest absolute Gasteiger partial charge is 0.0471 e. The van der Waals surface area contributed by atoms with Crippen molar-refractivity contribution in [1.29, 1.82) is 0 Å². The van der Waals surface area contributed by atoms with Crippen LogP contribution in [-0.2, 0) is 11.3 Å². The summed E-state index contributed by atoms with van der Waals surface area (Å²) in [4.78, 5) is 6.65. The van der Waals surface area contributed by atoms with Gasteiger partial charge in [0.05, 0.1) is 0 Å². The molecule has 2 saturated heterocycles. The minimum absolute atomic E-state index is 0.604. The Morgan fingerprint density at radius 1 is 1.06 bits per heavy atom. The van der Waals surface area contributed by atoms with E-state index in [-0.39, 0.29) is 0 Å². The van der Waals surface area contributed by atoms with Crippen LogP contribution in [0.3, 0.4) is 0 Å². The van der Waals surface area contributed by atoms with Crippen molar-refractivity contribution in [3.05, 3.63) is 30.1 Å². The number of hydrogen-bond acceptors (Lipinski definition) is 3. The van der Waals surface area contributed by atoms with Crippen LogP contribution < -0.4 is 0 Å². The van der Waals surface area contributed by atoms with E-state index in [2.05, 4.69) is 22.0 Å². The predicted octanol–water partition coefficient (Wildman–Crippen LogP) is 2.47. The Hall–Kier alpha value is -0.930. The lowest BCUT2D eigenvalue weighted by Gasteiger charge is -2.44. The van der Waals surface area contributed by atoms with Gasteiger partial charge in [-0.3, -0.25) is 9.88 Å². The van der Waals surface area contributed by atoms with Gasteiger partial charge in [-0.25, -0.2) is 0 Å². The van der Waals surface area contributed by atoms with E-state index in [9.17, 15) is 0 Å². The third-order valence-electron chi connectivity index (χ3n) is 4.63. The molecule has 3 nitrogen and oxygen atoms in total. The van der Waals surface area contributed by atoms with E-state index >= 15 is 0 Å². The molecule has 0 amide bonds. The Morgan fingerprint density at radius 3 is 2.39 bits per heavy atom. The molecule has 2 fully saturated rings. The fourth-order valence-corrected chi connectivity index (χ4v) is 3.24. The topological polar surface area (TPSA) is 25.4 Å². The molecule has 0 aromatic carbocycles. The van der Waals surface area contributed by atoms with Crippen LogP contribution in [0, 0.1) is 5.41 Å². The zero-order chi connectivity index (χ0) is 12.3. The highest BCUT2D eigenvalue weighted by Crippen LogP contribution is 2.40. The van der Waals surface area contributed by atoms with Gasteiger partial charge in [-0.2, -0.15) is 0 Å². The van der Waals surface area contributed by atoms with Crippen molar-refractivity contribution in [2.45, 2.75) is 32.2 Å². The minimum Gasteiger partial charge on any atom is -0.381 e. The van der Waals surface area contributed by atoms with Gasteiger partial charge in [0, 0.05) is 32.2 Å². The first-order valence-electron chi connectivity index (χ1n) is 7.05. The molecule has 3 heterocycles. The van der Waals surface area contributed by atoms with Crippen molar-refractivity contribution in [3.63, 3.8) is 0 Å². The molecular weight excluding hydrogens is 224 g/mol. The summed E-state index contributed by atoms with van der Waals surface area (Å²) in [5.41, 5.74) is 1.99. The summed E-state index contributed by atoms with van der Waals surface area (Å²) in [6.07, 6.45) is 9.02. The van der Waals surface area contributed by atoms with Gasteiger partial charge in [-0.05, 0) is 61.9 Å². The van der Waals surface area contributed by atoms with Crippen molar-refractivity contribution >= 4 is 0 Å². The maximum atomic E-state index is 5.50. The summed E-state index contributed by atoms with van der Waals surface area (Å²) in [6, 6.07) is 4.25. The van der Waals surface area contributed by atoms with E-state index in [0.29, 0.717) is 5.41 Å². The molecule has 0 N–H and O–H groups in total.